The Morgan fingerprint density at radius 2 is 2.19 bits per heavy atom. The second-order valence-corrected chi connectivity index (χ2v) is 8.73. The van der Waals surface area contributed by atoms with Crippen molar-refractivity contribution in [1.82, 2.24) is 15.1 Å². The molecule has 1 N–H and O–H groups in total. The highest BCUT2D eigenvalue weighted by atomic mass is 32.1. The van der Waals surface area contributed by atoms with Crippen LogP contribution in [0.1, 0.15) is 29.3 Å². The van der Waals surface area contributed by atoms with Crippen molar-refractivity contribution in [1.29, 1.82) is 0 Å². The van der Waals surface area contributed by atoms with Gasteiger partial charge in [0, 0.05) is 32.4 Å². The monoisotopic (exact) mass is 462 g/mol. The molecule has 0 saturated carbocycles. The van der Waals surface area contributed by atoms with Crippen molar-refractivity contribution in [2.75, 3.05) is 45.8 Å². The molecular weight excluding hydrogens is 436 g/mol. The molecule has 2 aromatic rings. The Balaban J connectivity index is 1.37. The second-order valence-electron chi connectivity index (χ2n) is 7.67. The fourth-order valence-electron chi connectivity index (χ4n) is 3.79. The van der Waals surface area contributed by atoms with Crippen LogP contribution >= 0.6 is 11.3 Å². The average molecular weight is 463 g/mol. The van der Waals surface area contributed by atoms with Gasteiger partial charge in [-0.3, -0.25) is 14.9 Å². The van der Waals surface area contributed by atoms with Gasteiger partial charge in [0.1, 0.15) is 17.7 Å². The molecule has 4 rings (SSSR count). The van der Waals surface area contributed by atoms with E-state index < -0.39 is 0 Å². The minimum atomic E-state index is -0.306. The van der Waals surface area contributed by atoms with Gasteiger partial charge < -0.3 is 23.8 Å². The largest absolute Gasteiger partial charge is 0.493 e. The standard InChI is InChI=1S/C21H26N4O6S/c1-28-12-19-23-24-21(32-19)22-18(26)10-25-9-14(8-20(25)27)13-3-4-16(29-2)17(7-13)31-15-5-6-30-11-15/h3-4,7,14-15H,5-6,8-12H2,1-2H3,(H,22,24,26)/t14-,15-/m1/s1. The number of benzene rings is 1. The molecule has 2 aliphatic heterocycles. The maximum Gasteiger partial charge on any atom is 0.245 e. The van der Waals surface area contributed by atoms with E-state index in [0.717, 1.165) is 12.0 Å². The lowest BCUT2D eigenvalue weighted by Crippen LogP contribution is -2.34. The van der Waals surface area contributed by atoms with E-state index in [1.165, 1.54) is 11.3 Å². The topological polar surface area (TPSA) is 112 Å². The minimum absolute atomic E-state index is 0.00527. The molecule has 0 unspecified atom stereocenters. The Morgan fingerprint density at radius 1 is 1.31 bits per heavy atom. The van der Waals surface area contributed by atoms with Crippen molar-refractivity contribution in [2.45, 2.75) is 31.5 Å². The van der Waals surface area contributed by atoms with Gasteiger partial charge in [-0.25, -0.2) is 0 Å². The predicted octanol–water partition coefficient (Wildman–Crippen LogP) is 1.82. The Bertz CT molecular complexity index is 962. The number of aromatic nitrogens is 2. The van der Waals surface area contributed by atoms with E-state index in [0.29, 0.717) is 54.4 Å². The Morgan fingerprint density at radius 3 is 2.94 bits per heavy atom. The summed E-state index contributed by atoms with van der Waals surface area (Å²) in [5, 5.41) is 11.6. The fraction of sp³-hybridized carbons (Fsp3) is 0.524. The second kappa shape index (κ2) is 10.2. The molecule has 0 radical (unpaired) electrons. The van der Waals surface area contributed by atoms with Crippen LogP contribution in [0.2, 0.25) is 0 Å². The molecule has 1 aromatic carbocycles. The van der Waals surface area contributed by atoms with Crippen molar-refractivity contribution in [2.24, 2.45) is 0 Å². The van der Waals surface area contributed by atoms with Crippen LogP contribution in [0, 0.1) is 0 Å². The molecular formula is C21H26N4O6S. The van der Waals surface area contributed by atoms with E-state index in [1.807, 2.05) is 18.2 Å². The number of ether oxygens (including phenoxy) is 4. The number of rotatable bonds is 9. The van der Waals surface area contributed by atoms with Crippen LogP contribution in [0.5, 0.6) is 11.5 Å². The first-order valence-corrected chi connectivity index (χ1v) is 11.2. The third-order valence-electron chi connectivity index (χ3n) is 5.37. The fourth-order valence-corrected chi connectivity index (χ4v) is 4.52. The van der Waals surface area contributed by atoms with Crippen molar-refractivity contribution in [3.05, 3.63) is 28.8 Å². The highest BCUT2D eigenvalue weighted by Crippen LogP contribution is 2.36. The summed E-state index contributed by atoms with van der Waals surface area (Å²) in [6.45, 7) is 2.00. The zero-order valence-electron chi connectivity index (χ0n) is 18.0. The van der Waals surface area contributed by atoms with Gasteiger partial charge in [-0.15, -0.1) is 10.2 Å². The maximum absolute atomic E-state index is 12.6. The first-order valence-electron chi connectivity index (χ1n) is 10.4. The van der Waals surface area contributed by atoms with Crippen LogP contribution in [-0.2, 0) is 25.7 Å². The van der Waals surface area contributed by atoms with E-state index in [2.05, 4.69) is 15.5 Å². The number of anilines is 1. The summed E-state index contributed by atoms with van der Waals surface area (Å²) >= 11 is 1.24. The summed E-state index contributed by atoms with van der Waals surface area (Å²) in [5.74, 6) is 0.890. The van der Waals surface area contributed by atoms with Gasteiger partial charge in [-0.05, 0) is 17.7 Å². The summed E-state index contributed by atoms with van der Waals surface area (Å²) in [6.07, 6.45) is 1.16. The lowest BCUT2D eigenvalue weighted by Gasteiger charge is -2.18. The van der Waals surface area contributed by atoms with Crippen LogP contribution in [0.25, 0.3) is 0 Å². The SMILES string of the molecule is COCc1nnc(NC(=O)CN2C[C@H](c3ccc(OC)c(O[C@@H]4CCOC4)c3)CC2=O)s1. The third kappa shape index (κ3) is 5.34. The maximum atomic E-state index is 12.6. The molecule has 3 heterocycles. The Labute approximate surface area is 189 Å². The van der Waals surface area contributed by atoms with Gasteiger partial charge >= 0.3 is 0 Å². The summed E-state index contributed by atoms with van der Waals surface area (Å²) in [7, 11) is 3.17. The molecule has 2 saturated heterocycles. The molecule has 2 amide bonds. The van der Waals surface area contributed by atoms with Gasteiger partial charge in [-0.1, -0.05) is 17.4 Å². The van der Waals surface area contributed by atoms with Crippen LogP contribution in [0.4, 0.5) is 5.13 Å². The van der Waals surface area contributed by atoms with E-state index in [1.54, 1.807) is 19.1 Å². The van der Waals surface area contributed by atoms with E-state index in [4.69, 9.17) is 18.9 Å². The molecule has 2 aliphatic rings. The number of hydrogen-bond donors (Lipinski definition) is 1. The van der Waals surface area contributed by atoms with Crippen LogP contribution < -0.4 is 14.8 Å². The van der Waals surface area contributed by atoms with E-state index >= 15 is 0 Å². The number of methoxy groups -OCH3 is 2. The van der Waals surface area contributed by atoms with Gasteiger partial charge in [0.2, 0.25) is 16.9 Å². The first-order chi connectivity index (χ1) is 15.6. The van der Waals surface area contributed by atoms with Gasteiger partial charge in [-0.2, -0.15) is 0 Å². The van der Waals surface area contributed by atoms with Gasteiger partial charge in [0.15, 0.2) is 11.5 Å². The van der Waals surface area contributed by atoms with Crippen molar-refractivity contribution in [3.63, 3.8) is 0 Å². The molecule has 32 heavy (non-hydrogen) atoms. The molecule has 0 aliphatic carbocycles. The molecule has 2 atom stereocenters. The molecule has 0 spiro atoms. The van der Waals surface area contributed by atoms with Crippen molar-refractivity contribution < 1.29 is 28.5 Å². The van der Waals surface area contributed by atoms with Gasteiger partial charge in [0.05, 0.1) is 26.9 Å². The highest BCUT2D eigenvalue weighted by molar-refractivity contribution is 7.15. The predicted molar refractivity (Wildman–Crippen MR) is 116 cm³/mol. The molecule has 1 aromatic heterocycles. The highest BCUT2D eigenvalue weighted by Gasteiger charge is 2.32. The lowest BCUT2D eigenvalue weighted by molar-refractivity contribution is -0.131. The number of carbonyl (C=O) groups is 2. The quantitative estimate of drug-likeness (QED) is 0.601. The normalized spacial score (nSPS) is 20.6. The number of likely N-dealkylation sites (tertiary alicyclic amines) is 1. The molecule has 0 bridgehead atoms. The molecule has 2 fully saturated rings. The summed E-state index contributed by atoms with van der Waals surface area (Å²) in [4.78, 5) is 26.5. The van der Waals surface area contributed by atoms with Crippen LogP contribution in [-0.4, -0.2) is 73.5 Å². The zero-order chi connectivity index (χ0) is 22.5. The Hall–Kier alpha value is -2.76. The summed E-state index contributed by atoms with van der Waals surface area (Å²) in [5.41, 5.74) is 0.976. The average Bonchev–Trinajstić information content (AvgIpc) is 3.52. The zero-order valence-corrected chi connectivity index (χ0v) is 18.9. The summed E-state index contributed by atoms with van der Waals surface area (Å²) in [6, 6.07) is 5.72. The Kier molecular flexibility index (Phi) is 7.18. The number of hydrogen-bond acceptors (Lipinski definition) is 9. The summed E-state index contributed by atoms with van der Waals surface area (Å²) < 4.78 is 21.9. The number of carbonyl (C=O) groups excluding carboxylic acids is 2. The van der Waals surface area contributed by atoms with Gasteiger partial charge in [0.25, 0.3) is 0 Å². The molecule has 11 heteroatoms. The van der Waals surface area contributed by atoms with Crippen molar-refractivity contribution in [3.8, 4) is 11.5 Å². The first kappa shape index (κ1) is 22.4. The van der Waals surface area contributed by atoms with Crippen LogP contribution in [0.15, 0.2) is 18.2 Å². The van der Waals surface area contributed by atoms with Crippen molar-refractivity contribution >= 4 is 28.3 Å². The molecule has 10 nitrogen and oxygen atoms in total. The smallest absolute Gasteiger partial charge is 0.245 e. The number of nitrogens with one attached hydrogen (secondary N) is 1. The van der Waals surface area contributed by atoms with E-state index in [-0.39, 0.29) is 30.4 Å². The number of amides is 2. The lowest BCUT2D eigenvalue weighted by atomic mass is 9.98. The van der Waals surface area contributed by atoms with Crippen LogP contribution in [0.3, 0.4) is 0 Å². The third-order valence-corrected chi connectivity index (χ3v) is 6.18. The van der Waals surface area contributed by atoms with E-state index in [9.17, 15) is 9.59 Å². The molecule has 172 valence electrons. The minimum Gasteiger partial charge on any atom is -0.493 e. The number of nitrogens with zero attached hydrogens (tertiary/aromatic N) is 3.